The van der Waals surface area contributed by atoms with Crippen LogP contribution in [-0.4, -0.2) is 53.6 Å². The fourth-order valence-electron chi connectivity index (χ4n) is 2.63. The Bertz CT molecular complexity index is 634. The molecule has 0 unspecified atom stereocenters. The Balaban J connectivity index is 1.41. The molecule has 0 amide bonds. The van der Waals surface area contributed by atoms with Gasteiger partial charge < -0.3 is 9.47 Å². The highest BCUT2D eigenvalue weighted by Gasteiger charge is 2.20. The van der Waals surface area contributed by atoms with Gasteiger partial charge in [-0.25, -0.2) is 0 Å². The van der Waals surface area contributed by atoms with Crippen LogP contribution >= 0.6 is 0 Å². The van der Waals surface area contributed by atoms with Crippen molar-refractivity contribution < 1.29 is 9.47 Å². The summed E-state index contributed by atoms with van der Waals surface area (Å²) < 4.78 is 13.4. The number of benzene rings is 1. The van der Waals surface area contributed by atoms with Crippen LogP contribution in [0.2, 0.25) is 0 Å². The van der Waals surface area contributed by atoms with Gasteiger partial charge in [0.25, 0.3) is 0 Å². The van der Waals surface area contributed by atoms with Crippen LogP contribution in [0.1, 0.15) is 5.56 Å². The summed E-state index contributed by atoms with van der Waals surface area (Å²) in [7, 11) is 0. The molecule has 1 atom stereocenters. The topological polar surface area (TPSA) is 63.3 Å². The average Bonchev–Trinajstić information content (AvgIpc) is 3.09. The first-order valence-corrected chi connectivity index (χ1v) is 7.78. The Labute approximate surface area is 135 Å². The van der Waals surface area contributed by atoms with Crippen molar-refractivity contribution in [3.05, 3.63) is 48.3 Å². The van der Waals surface area contributed by atoms with E-state index in [0.717, 1.165) is 38.5 Å². The predicted molar refractivity (Wildman–Crippen MR) is 85.1 cm³/mol. The normalized spacial score (nSPS) is 18.5. The monoisotopic (exact) mass is 312 g/mol. The van der Waals surface area contributed by atoms with Crippen LogP contribution < -0.4 is 4.74 Å². The molecular formula is C17H20N4O2. The number of morpholine rings is 1. The molecule has 6 heteroatoms. The predicted octanol–water partition coefficient (Wildman–Crippen LogP) is 1.53. The standard InChI is InChI=1S/C17H20N4O2/c18-12-15-2-4-16(5-3-15)22-10-8-20-9-11-23-17(13-20)14-21-7-1-6-19-21/h1-7,17H,8-11,13-14H2/t17-/m1/s1. The van der Waals surface area contributed by atoms with Crippen molar-refractivity contribution in [2.24, 2.45) is 0 Å². The van der Waals surface area contributed by atoms with E-state index in [0.29, 0.717) is 12.2 Å². The van der Waals surface area contributed by atoms with Crippen molar-refractivity contribution in [2.45, 2.75) is 12.6 Å². The van der Waals surface area contributed by atoms with E-state index in [4.69, 9.17) is 14.7 Å². The third-order valence-corrected chi connectivity index (χ3v) is 3.83. The first kappa shape index (κ1) is 15.5. The first-order valence-electron chi connectivity index (χ1n) is 7.78. The first-order chi connectivity index (χ1) is 11.3. The molecule has 1 aliphatic rings. The van der Waals surface area contributed by atoms with Gasteiger partial charge in [0.15, 0.2) is 0 Å². The van der Waals surface area contributed by atoms with E-state index >= 15 is 0 Å². The highest BCUT2D eigenvalue weighted by atomic mass is 16.5. The largest absolute Gasteiger partial charge is 0.492 e. The lowest BCUT2D eigenvalue weighted by Crippen LogP contribution is -2.45. The molecule has 1 aromatic carbocycles. The molecule has 23 heavy (non-hydrogen) atoms. The average molecular weight is 312 g/mol. The molecule has 120 valence electrons. The molecule has 2 aromatic rings. The van der Waals surface area contributed by atoms with Gasteiger partial charge in [0.1, 0.15) is 12.4 Å². The number of ether oxygens (including phenoxy) is 2. The maximum Gasteiger partial charge on any atom is 0.119 e. The van der Waals surface area contributed by atoms with E-state index < -0.39 is 0 Å². The molecule has 0 saturated carbocycles. The minimum atomic E-state index is 0.165. The van der Waals surface area contributed by atoms with E-state index in [2.05, 4.69) is 16.1 Å². The van der Waals surface area contributed by atoms with E-state index in [1.165, 1.54) is 0 Å². The van der Waals surface area contributed by atoms with Crippen molar-refractivity contribution >= 4 is 0 Å². The van der Waals surface area contributed by atoms with Crippen molar-refractivity contribution in [2.75, 3.05) is 32.8 Å². The van der Waals surface area contributed by atoms with Crippen LogP contribution in [0.25, 0.3) is 0 Å². The Morgan fingerprint density at radius 3 is 2.96 bits per heavy atom. The molecule has 1 aromatic heterocycles. The maximum absolute atomic E-state index is 8.78. The molecule has 0 N–H and O–H groups in total. The number of rotatable bonds is 6. The molecule has 1 fully saturated rings. The van der Waals surface area contributed by atoms with Gasteiger partial charge in [0.05, 0.1) is 30.9 Å². The van der Waals surface area contributed by atoms with Gasteiger partial charge in [0.2, 0.25) is 0 Å². The summed E-state index contributed by atoms with van der Waals surface area (Å²) in [5.41, 5.74) is 0.645. The lowest BCUT2D eigenvalue weighted by Gasteiger charge is -2.32. The van der Waals surface area contributed by atoms with Crippen LogP contribution in [0.4, 0.5) is 0 Å². The second-order valence-electron chi connectivity index (χ2n) is 5.51. The van der Waals surface area contributed by atoms with Gasteiger partial charge >= 0.3 is 0 Å². The van der Waals surface area contributed by atoms with Crippen molar-refractivity contribution in [1.82, 2.24) is 14.7 Å². The zero-order chi connectivity index (χ0) is 15.9. The molecule has 6 nitrogen and oxygen atoms in total. The van der Waals surface area contributed by atoms with E-state index in [1.54, 1.807) is 18.3 Å². The molecule has 2 heterocycles. The minimum Gasteiger partial charge on any atom is -0.492 e. The molecule has 3 rings (SSSR count). The number of nitrogens with zero attached hydrogens (tertiary/aromatic N) is 4. The van der Waals surface area contributed by atoms with Gasteiger partial charge in [-0.3, -0.25) is 9.58 Å². The van der Waals surface area contributed by atoms with Crippen molar-refractivity contribution in [3.63, 3.8) is 0 Å². The molecule has 0 bridgehead atoms. The Morgan fingerprint density at radius 1 is 1.35 bits per heavy atom. The van der Waals surface area contributed by atoms with Crippen molar-refractivity contribution in [1.29, 1.82) is 5.26 Å². The van der Waals surface area contributed by atoms with Gasteiger partial charge in [-0.05, 0) is 30.3 Å². The van der Waals surface area contributed by atoms with Crippen LogP contribution in [0, 0.1) is 11.3 Å². The highest BCUT2D eigenvalue weighted by Crippen LogP contribution is 2.12. The second-order valence-corrected chi connectivity index (χ2v) is 5.51. The van der Waals surface area contributed by atoms with E-state index in [9.17, 15) is 0 Å². The summed E-state index contributed by atoms with van der Waals surface area (Å²) in [6.07, 6.45) is 3.90. The lowest BCUT2D eigenvalue weighted by molar-refractivity contribution is -0.0400. The SMILES string of the molecule is N#Cc1ccc(OCCN2CCO[C@@H](Cn3cccn3)C2)cc1. The van der Waals surface area contributed by atoms with Crippen LogP contribution in [0.5, 0.6) is 5.75 Å². The van der Waals surface area contributed by atoms with Gasteiger partial charge in [-0.1, -0.05) is 0 Å². The Hall–Kier alpha value is -2.36. The summed E-state index contributed by atoms with van der Waals surface area (Å²) in [5.74, 6) is 0.797. The summed E-state index contributed by atoms with van der Waals surface area (Å²) in [4.78, 5) is 2.35. The zero-order valence-electron chi connectivity index (χ0n) is 13.0. The number of nitriles is 1. The summed E-state index contributed by atoms with van der Waals surface area (Å²) in [5, 5.41) is 13.0. The van der Waals surface area contributed by atoms with Crippen LogP contribution in [0.15, 0.2) is 42.7 Å². The van der Waals surface area contributed by atoms with E-state index in [1.807, 2.05) is 29.1 Å². The van der Waals surface area contributed by atoms with Crippen LogP contribution in [0.3, 0.4) is 0 Å². The summed E-state index contributed by atoms with van der Waals surface area (Å²) in [6, 6.07) is 11.2. The molecular weight excluding hydrogens is 292 g/mol. The number of aromatic nitrogens is 2. The third kappa shape index (κ3) is 4.55. The summed E-state index contributed by atoms with van der Waals surface area (Å²) >= 11 is 0. The highest BCUT2D eigenvalue weighted by molar-refractivity contribution is 5.34. The minimum absolute atomic E-state index is 0.165. The molecule has 0 spiro atoms. The molecule has 1 aliphatic heterocycles. The zero-order valence-corrected chi connectivity index (χ0v) is 13.0. The fraction of sp³-hybridized carbons (Fsp3) is 0.412. The second kappa shape index (κ2) is 7.77. The summed E-state index contributed by atoms with van der Waals surface area (Å²) in [6.45, 7) is 4.81. The smallest absolute Gasteiger partial charge is 0.119 e. The molecule has 0 aliphatic carbocycles. The number of hydrogen-bond donors (Lipinski definition) is 0. The van der Waals surface area contributed by atoms with Crippen LogP contribution in [-0.2, 0) is 11.3 Å². The quantitative estimate of drug-likeness (QED) is 0.809. The van der Waals surface area contributed by atoms with Gasteiger partial charge in [-0.2, -0.15) is 10.4 Å². The third-order valence-electron chi connectivity index (χ3n) is 3.83. The molecule has 1 saturated heterocycles. The lowest BCUT2D eigenvalue weighted by atomic mass is 10.2. The Kier molecular flexibility index (Phi) is 5.25. The van der Waals surface area contributed by atoms with Gasteiger partial charge in [0, 0.05) is 32.0 Å². The Morgan fingerprint density at radius 2 is 2.22 bits per heavy atom. The van der Waals surface area contributed by atoms with Gasteiger partial charge in [-0.15, -0.1) is 0 Å². The van der Waals surface area contributed by atoms with Crippen molar-refractivity contribution in [3.8, 4) is 11.8 Å². The fourth-order valence-corrected chi connectivity index (χ4v) is 2.63. The maximum atomic E-state index is 8.78. The molecule has 0 radical (unpaired) electrons. The number of hydrogen-bond acceptors (Lipinski definition) is 5. The van der Waals surface area contributed by atoms with E-state index in [-0.39, 0.29) is 6.10 Å².